The molecule has 5 heteroatoms. The van der Waals surface area contributed by atoms with E-state index >= 15 is 0 Å². The number of esters is 1. The molecule has 2 atom stereocenters. The third-order valence-corrected chi connectivity index (χ3v) is 2.41. The summed E-state index contributed by atoms with van der Waals surface area (Å²) in [5.74, 6) is -1.07. The topological polar surface area (TPSA) is 72.6 Å². The van der Waals surface area contributed by atoms with Gasteiger partial charge in [-0.3, -0.25) is 4.79 Å². The summed E-state index contributed by atoms with van der Waals surface area (Å²) in [4.78, 5) is 24.3. The van der Waals surface area contributed by atoms with Crippen LogP contribution in [0.3, 0.4) is 0 Å². The Kier molecular flexibility index (Phi) is 5.93. The van der Waals surface area contributed by atoms with E-state index in [-0.39, 0.29) is 12.6 Å². The van der Waals surface area contributed by atoms with E-state index in [0.29, 0.717) is 0 Å². The number of nitrogens with two attached hydrogens (primary N) is 1. The Labute approximate surface area is 90.6 Å². The second kappa shape index (κ2) is 6.40. The SMILES string of the molecule is CCOC(=O)C(N)C(=O)N(C)C(C)CC. The number of carbonyl (C=O) groups excluding carboxylic acids is 2. The van der Waals surface area contributed by atoms with Gasteiger partial charge in [-0.05, 0) is 20.3 Å². The lowest BCUT2D eigenvalue weighted by Crippen LogP contribution is -2.50. The molecule has 0 fully saturated rings. The number of amides is 1. The van der Waals surface area contributed by atoms with Crippen molar-refractivity contribution in [1.82, 2.24) is 4.90 Å². The molecule has 0 spiro atoms. The van der Waals surface area contributed by atoms with Crippen molar-refractivity contribution in [2.24, 2.45) is 5.73 Å². The number of ether oxygens (including phenoxy) is 1. The molecule has 0 aliphatic heterocycles. The van der Waals surface area contributed by atoms with E-state index in [4.69, 9.17) is 5.73 Å². The Balaban J connectivity index is 4.37. The van der Waals surface area contributed by atoms with Gasteiger partial charge in [-0.1, -0.05) is 6.92 Å². The van der Waals surface area contributed by atoms with Crippen LogP contribution in [0.15, 0.2) is 0 Å². The average Bonchev–Trinajstić information content (AvgIpc) is 2.25. The van der Waals surface area contributed by atoms with Crippen molar-refractivity contribution in [2.75, 3.05) is 13.7 Å². The molecule has 0 bridgehead atoms. The molecule has 15 heavy (non-hydrogen) atoms. The molecule has 0 aromatic carbocycles. The molecule has 5 nitrogen and oxygen atoms in total. The van der Waals surface area contributed by atoms with Gasteiger partial charge in [0.25, 0.3) is 5.91 Å². The highest BCUT2D eigenvalue weighted by Gasteiger charge is 2.28. The monoisotopic (exact) mass is 216 g/mol. The molecule has 0 aliphatic carbocycles. The first kappa shape index (κ1) is 13.9. The summed E-state index contributed by atoms with van der Waals surface area (Å²) >= 11 is 0. The molecular weight excluding hydrogens is 196 g/mol. The van der Waals surface area contributed by atoms with Crippen LogP contribution in [-0.4, -0.2) is 42.5 Å². The second-order valence-electron chi connectivity index (χ2n) is 3.44. The summed E-state index contributed by atoms with van der Waals surface area (Å²) in [6, 6.07) is -1.14. The number of carbonyl (C=O) groups is 2. The Morgan fingerprint density at radius 1 is 1.40 bits per heavy atom. The molecule has 88 valence electrons. The minimum absolute atomic E-state index is 0.0676. The quantitative estimate of drug-likeness (QED) is 0.524. The predicted molar refractivity (Wildman–Crippen MR) is 57.1 cm³/mol. The van der Waals surface area contributed by atoms with Gasteiger partial charge in [-0.2, -0.15) is 0 Å². The first-order valence-electron chi connectivity index (χ1n) is 5.14. The maximum atomic E-state index is 11.7. The average molecular weight is 216 g/mol. The number of likely N-dealkylation sites (N-methyl/N-ethyl adjacent to an activating group) is 1. The second-order valence-corrected chi connectivity index (χ2v) is 3.44. The van der Waals surface area contributed by atoms with E-state index in [1.807, 2.05) is 13.8 Å². The summed E-state index contributed by atoms with van der Waals surface area (Å²) < 4.78 is 4.68. The van der Waals surface area contributed by atoms with Crippen LogP contribution in [0.4, 0.5) is 0 Å². The van der Waals surface area contributed by atoms with Crippen molar-refractivity contribution in [1.29, 1.82) is 0 Å². The minimum atomic E-state index is -1.20. The van der Waals surface area contributed by atoms with Gasteiger partial charge in [0.05, 0.1) is 6.61 Å². The molecule has 0 aromatic rings. The van der Waals surface area contributed by atoms with Crippen molar-refractivity contribution >= 4 is 11.9 Å². The van der Waals surface area contributed by atoms with E-state index in [0.717, 1.165) is 6.42 Å². The third-order valence-electron chi connectivity index (χ3n) is 2.41. The lowest BCUT2D eigenvalue weighted by molar-refractivity contribution is -0.151. The Morgan fingerprint density at radius 2 is 1.93 bits per heavy atom. The van der Waals surface area contributed by atoms with Gasteiger partial charge < -0.3 is 15.4 Å². The van der Waals surface area contributed by atoms with Crippen LogP contribution in [0.5, 0.6) is 0 Å². The van der Waals surface area contributed by atoms with Gasteiger partial charge >= 0.3 is 5.97 Å². The molecule has 0 rings (SSSR count). The number of nitrogens with zero attached hydrogens (tertiary/aromatic N) is 1. The molecule has 0 radical (unpaired) electrons. The largest absolute Gasteiger partial charge is 0.464 e. The van der Waals surface area contributed by atoms with E-state index < -0.39 is 17.9 Å². The van der Waals surface area contributed by atoms with Crippen LogP contribution in [0.1, 0.15) is 27.2 Å². The maximum Gasteiger partial charge on any atom is 0.332 e. The first-order valence-corrected chi connectivity index (χ1v) is 5.14. The fourth-order valence-electron chi connectivity index (χ4n) is 1.04. The van der Waals surface area contributed by atoms with Gasteiger partial charge in [0.1, 0.15) is 0 Å². The molecule has 2 N–H and O–H groups in total. The van der Waals surface area contributed by atoms with E-state index in [2.05, 4.69) is 4.74 Å². The lowest BCUT2D eigenvalue weighted by Gasteiger charge is -2.25. The predicted octanol–water partition coefficient (Wildman–Crippen LogP) is 0.134. The standard InChI is InChI=1S/C10H20N2O3/c1-5-7(3)12(4)9(13)8(11)10(14)15-6-2/h7-8H,5-6,11H2,1-4H3. The lowest BCUT2D eigenvalue weighted by atomic mass is 10.2. The van der Waals surface area contributed by atoms with Crippen molar-refractivity contribution in [2.45, 2.75) is 39.3 Å². The Morgan fingerprint density at radius 3 is 2.33 bits per heavy atom. The van der Waals surface area contributed by atoms with E-state index in [1.165, 1.54) is 4.90 Å². The zero-order valence-electron chi connectivity index (χ0n) is 9.82. The van der Waals surface area contributed by atoms with Gasteiger partial charge in [0.2, 0.25) is 0 Å². The van der Waals surface area contributed by atoms with Crippen LogP contribution >= 0.6 is 0 Å². The molecular formula is C10H20N2O3. The number of rotatable bonds is 5. The van der Waals surface area contributed by atoms with Crippen LogP contribution in [-0.2, 0) is 14.3 Å². The van der Waals surface area contributed by atoms with E-state index in [9.17, 15) is 9.59 Å². The Hall–Kier alpha value is -1.10. The minimum Gasteiger partial charge on any atom is -0.464 e. The van der Waals surface area contributed by atoms with Crippen molar-refractivity contribution in [3.05, 3.63) is 0 Å². The van der Waals surface area contributed by atoms with E-state index in [1.54, 1.807) is 14.0 Å². The van der Waals surface area contributed by atoms with Gasteiger partial charge in [-0.25, -0.2) is 4.79 Å². The molecule has 0 aliphatic rings. The summed E-state index contributed by atoms with van der Waals surface area (Å²) in [6.07, 6.45) is 0.817. The normalized spacial score (nSPS) is 14.2. The highest BCUT2D eigenvalue weighted by atomic mass is 16.5. The molecule has 0 heterocycles. The van der Waals surface area contributed by atoms with Crippen molar-refractivity contribution < 1.29 is 14.3 Å². The molecule has 0 aromatic heterocycles. The molecule has 0 saturated heterocycles. The summed E-state index contributed by atoms with van der Waals surface area (Å²) in [7, 11) is 1.63. The summed E-state index contributed by atoms with van der Waals surface area (Å²) in [5.41, 5.74) is 5.47. The van der Waals surface area contributed by atoms with Crippen LogP contribution in [0, 0.1) is 0 Å². The fourth-order valence-corrected chi connectivity index (χ4v) is 1.04. The molecule has 2 unspecified atom stereocenters. The zero-order chi connectivity index (χ0) is 12.0. The number of hydrogen-bond donors (Lipinski definition) is 1. The zero-order valence-corrected chi connectivity index (χ0v) is 9.82. The first-order chi connectivity index (χ1) is 6.95. The van der Waals surface area contributed by atoms with Crippen LogP contribution in [0.2, 0.25) is 0 Å². The number of hydrogen-bond acceptors (Lipinski definition) is 4. The fraction of sp³-hybridized carbons (Fsp3) is 0.800. The van der Waals surface area contributed by atoms with Gasteiger partial charge in [0, 0.05) is 13.1 Å². The van der Waals surface area contributed by atoms with Crippen molar-refractivity contribution in [3.8, 4) is 0 Å². The molecule has 0 saturated carbocycles. The summed E-state index contributed by atoms with van der Waals surface area (Å²) in [6.45, 7) is 5.76. The smallest absolute Gasteiger partial charge is 0.332 e. The van der Waals surface area contributed by atoms with Crippen LogP contribution in [0.25, 0.3) is 0 Å². The van der Waals surface area contributed by atoms with Crippen molar-refractivity contribution in [3.63, 3.8) is 0 Å². The molecule has 1 amide bonds. The van der Waals surface area contributed by atoms with Gasteiger partial charge in [0.15, 0.2) is 6.04 Å². The van der Waals surface area contributed by atoms with Gasteiger partial charge in [-0.15, -0.1) is 0 Å². The highest BCUT2D eigenvalue weighted by molar-refractivity contribution is 6.01. The maximum absolute atomic E-state index is 11.7. The highest BCUT2D eigenvalue weighted by Crippen LogP contribution is 2.03. The van der Waals surface area contributed by atoms with Crippen LogP contribution < -0.4 is 5.73 Å². The summed E-state index contributed by atoms with van der Waals surface area (Å²) in [5, 5.41) is 0. The Bertz CT molecular complexity index is 231. The third kappa shape index (κ3) is 3.87.